The van der Waals surface area contributed by atoms with Gasteiger partial charge in [-0.05, 0) is 64.6 Å². The molecule has 1 heteroatoms. The number of rotatable bonds is 1. The number of benzene rings is 4. The van der Waals surface area contributed by atoms with Crippen LogP contribution in [-0.2, 0) is 0 Å². The molecule has 0 heterocycles. The second kappa shape index (κ2) is 5.52. The highest BCUT2D eigenvalue weighted by Crippen LogP contribution is 2.38. The highest BCUT2D eigenvalue weighted by molar-refractivity contribution is 6.46. The van der Waals surface area contributed by atoms with Gasteiger partial charge in [-0.1, -0.05) is 71.7 Å². The van der Waals surface area contributed by atoms with E-state index in [0.29, 0.717) is 0 Å². The summed E-state index contributed by atoms with van der Waals surface area (Å²) in [6.07, 6.45) is 0. The lowest BCUT2D eigenvalue weighted by Crippen LogP contribution is -2.07. The fourth-order valence-corrected chi connectivity index (χ4v) is 4.01. The van der Waals surface area contributed by atoms with Crippen molar-refractivity contribution in [1.29, 1.82) is 0 Å². The maximum absolute atomic E-state index is 6.50. The molecule has 4 rings (SSSR count). The Morgan fingerprint density at radius 3 is 1.46 bits per heavy atom. The molecule has 2 radical (unpaired) electrons. The van der Waals surface area contributed by atoms with Crippen molar-refractivity contribution in [3.05, 3.63) is 77.4 Å². The quantitative estimate of drug-likeness (QED) is 0.327. The third-order valence-corrected chi connectivity index (χ3v) is 4.90. The summed E-state index contributed by atoms with van der Waals surface area (Å²) in [6, 6.07) is 21.5. The van der Waals surface area contributed by atoms with Crippen LogP contribution in [0.1, 0.15) is 16.7 Å². The van der Waals surface area contributed by atoms with Crippen LogP contribution in [0.2, 0.25) is 0 Å². The average molecular weight is 306 g/mol. The molecule has 0 saturated carbocycles. The van der Waals surface area contributed by atoms with Gasteiger partial charge in [0.1, 0.15) is 7.85 Å². The van der Waals surface area contributed by atoms with Gasteiger partial charge in [0.15, 0.2) is 0 Å². The summed E-state index contributed by atoms with van der Waals surface area (Å²) in [5.41, 5.74) is 7.42. The third kappa shape index (κ3) is 2.16. The molecule has 0 aromatic heterocycles. The van der Waals surface area contributed by atoms with Crippen LogP contribution in [0.15, 0.2) is 60.7 Å². The Morgan fingerprint density at radius 1 is 0.583 bits per heavy atom. The molecule has 0 amide bonds. The molecular weight excluding hydrogens is 287 g/mol. The molecule has 24 heavy (non-hydrogen) atoms. The number of hydrogen-bond acceptors (Lipinski definition) is 0. The highest BCUT2D eigenvalue weighted by atomic mass is 14.2. The van der Waals surface area contributed by atoms with Crippen molar-refractivity contribution < 1.29 is 0 Å². The van der Waals surface area contributed by atoms with Gasteiger partial charge in [-0.2, -0.15) is 0 Å². The van der Waals surface area contributed by atoms with E-state index >= 15 is 0 Å². The smallest absolute Gasteiger partial charge is 0.0812 e. The van der Waals surface area contributed by atoms with Gasteiger partial charge in [-0.3, -0.25) is 0 Å². The topological polar surface area (TPSA) is 0 Å². The highest BCUT2D eigenvalue weighted by Gasteiger charge is 2.15. The summed E-state index contributed by atoms with van der Waals surface area (Å²) >= 11 is 0. The monoisotopic (exact) mass is 306 g/mol. The fourth-order valence-electron chi connectivity index (χ4n) is 4.01. The van der Waals surface area contributed by atoms with Crippen LogP contribution < -0.4 is 5.46 Å². The molecule has 0 saturated heterocycles. The van der Waals surface area contributed by atoms with E-state index in [1.165, 1.54) is 38.6 Å². The second-order valence-corrected chi connectivity index (χ2v) is 6.65. The van der Waals surface area contributed by atoms with Gasteiger partial charge in [-0.25, -0.2) is 0 Å². The van der Waals surface area contributed by atoms with Crippen molar-refractivity contribution in [2.45, 2.75) is 20.8 Å². The Kier molecular flexibility index (Phi) is 3.46. The van der Waals surface area contributed by atoms with Crippen molar-refractivity contribution >= 4 is 34.9 Å². The summed E-state index contributed by atoms with van der Waals surface area (Å²) in [5, 5.41) is 4.71. The van der Waals surface area contributed by atoms with Gasteiger partial charge in [0.25, 0.3) is 0 Å². The van der Waals surface area contributed by atoms with Crippen LogP contribution in [0.5, 0.6) is 0 Å². The van der Waals surface area contributed by atoms with Gasteiger partial charge in [-0.15, -0.1) is 0 Å². The minimum Gasteiger partial charge on any atom is -0.0812 e. The first kappa shape index (κ1) is 15.0. The van der Waals surface area contributed by atoms with Crippen LogP contribution in [-0.4, -0.2) is 7.85 Å². The summed E-state index contributed by atoms with van der Waals surface area (Å²) in [6.45, 7) is 6.56. The first-order chi connectivity index (χ1) is 11.6. The van der Waals surface area contributed by atoms with E-state index in [-0.39, 0.29) is 0 Å². The summed E-state index contributed by atoms with van der Waals surface area (Å²) in [4.78, 5) is 0. The lowest BCUT2D eigenvalue weighted by atomic mass is 9.79. The molecule has 0 aliphatic carbocycles. The van der Waals surface area contributed by atoms with E-state index in [4.69, 9.17) is 7.85 Å². The molecule has 4 aromatic carbocycles. The summed E-state index contributed by atoms with van der Waals surface area (Å²) in [5.74, 6) is 0. The molecule has 0 atom stereocenters. The minimum absolute atomic E-state index is 0.868. The summed E-state index contributed by atoms with van der Waals surface area (Å²) in [7, 11) is 6.50. The molecule has 0 spiro atoms. The van der Waals surface area contributed by atoms with Crippen molar-refractivity contribution in [2.75, 3.05) is 0 Å². The van der Waals surface area contributed by atoms with Gasteiger partial charge < -0.3 is 0 Å². The lowest BCUT2D eigenvalue weighted by molar-refractivity contribution is 1.33. The molecule has 4 aromatic rings. The van der Waals surface area contributed by atoms with E-state index in [1.54, 1.807) is 0 Å². The SMILES string of the molecule is [B]c1c2ccccc2c(-c2c(C)cc(C)cc2C)c2ccccc12. The van der Waals surface area contributed by atoms with Gasteiger partial charge in [0, 0.05) is 0 Å². The molecule has 114 valence electrons. The van der Waals surface area contributed by atoms with Gasteiger partial charge in [0.2, 0.25) is 0 Å². The molecular formula is C23H19B. The van der Waals surface area contributed by atoms with Gasteiger partial charge >= 0.3 is 0 Å². The van der Waals surface area contributed by atoms with Crippen LogP contribution in [0.3, 0.4) is 0 Å². The van der Waals surface area contributed by atoms with Gasteiger partial charge in [0.05, 0.1) is 0 Å². The van der Waals surface area contributed by atoms with E-state index < -0.39 is 0 Å². The first-order valence-corrected chi connectivity index (χ1v) is 8.35. The minimum atomic E-state index is 0.868. The first-order valence-electron chi connectivity index (χ1n) is 8.35. The number of aryl methyl sites for hydroxylation is 3. The average Bonchev–Trinajstić information content (AvgIpc) is 2.57. The Morgan fingerprint density at radius 2 is 1.00 bits per heavy atom. The zero-order valence-corrected chi connectivity index (χ0v) is 14.4. The van der Waals surface area contributed by atoms with Crippen LogP contribution in [0, 0.1) is 20.8 Å². The lowest BCUT2D eigenvalue weighted by Gasteiger charge is -2.19. The van der Waals surface area contributed by atoms with E-state index in [1.807, 2.05) is 0 Å². The largest absolute Gasteiger partial charge is 0.115 e. The normalized spacial score (nSPS) is 11.3. The molecule has 0 fully saturated rings. The molecule has 0 aliphatic heterocycles. The molecule has 0 aliphatic rings. The predicted octanol–water partition coefficient (Wildman–Crippen LogP) is 5.38. The van der Waals surface area contributed by atoms with E-state index in [9.17, 15) is 0 Å². The maximum atomic E-state index is 6.50. The Bertz CT molecular complexity index is 1010. The van der Waals surface area contributed by atoms with Crippen LogP contribution >= 0.6 is 0 Å². The second-order valence-electron chi connectivity index (χ2n) is 6.65. The van der Waals surface area contributed by atoms with Crippen molar-refractivity contribution in [3.63, 3.8) is 0 Å². The Hall–Kier alpha value is -2.54. The molecule has 0 unspecified atom stereocenters. The molecule has 0 N–H and O–H groups in total. The van der Waals surface area contributed by atoms with E-state index in [0.717, 1.165) is 16.2 Å². The third-order valence-electron chi connectivity index (χ3n) is 4.90. The fraction of sp³-hybridized carbons (Fsp3) is 0.130. The Balaban J connectivity index is 2.28. The van der Waals surface area contributed by atoms with E-state index in [2.05, 4.69) is 81.4 Å². The van der Waals surface area contributed by atoms with Crippen molar-refractivity contribution in [2.24, 2.45) is 0 Å². The number of fused-ring (bicyclic) bond motifs is 2. The predicted molar refractivity (Wildman–Crippen MR) is 106 cm³/mol. The molecule has 0 nitrogen and oxygen atoms in total. The zero-order chi connectivity index (χ0) is 16.8. The molecule has 0 bridgehead atoms. The maximum Gasteiger partial charge on any atom is 0.115 e. The summed E-state index contributed by atoms with van der Waals surface area (Å²) < 4.78 is 0. The standard InChI is InChI=1S/C23H19B/c1-14-12-15(2)21(16(3)13-14)22-17-8-4-6-10-19(17)23(24)20-11-7-5-9-18(20)22/h4-13H,1-3H3. The van der Waals surface area contributed by atoms with Crippen LogP contribution in [0.4, 0.5) is 0 Å². The van der Waals surface area contributed by atoms with Crippen molar-refractivity contribution in [3.8, 4) is 11.1 Å². The number of hydrogen-bond donors (Lipinski definition) is 0. The zero-order valence-electron chi connectivity index (χ0n) is 14.4. The Labute approximate surface area is 144 Å². The van der Waals surface area contributed by atoms with Crippen LogP contribution in [0.25, 0.3) is 32.7 Å². The van der Waals surface area contributed by atoms with Crippen molar-refractivity contribution in [1.82, 2.24) is 0 Å².